The largest absolute Gasteiger partial charge is 0.433 e. The zero-order valence-corrected chi connectivity index (χ0v) is 16.8. The minimum absolute atomic E-state index is 0.220. The van der Waals surface area contributed by atoms with Crippen molar-refractivity contribution in [3.8, 4) is 0 Å². The Hall–Kier alpha value is -3.61. The number of hydrogen-bond donors (Lipinski definition) is 1. The van der Waals surface area contributed by atoms with E-state index in [1.807, 2.05) is 0 Å². The quantitative estimate of drug-likeness (QED) is 0.283. The maximum absolute atomic E-state index is 13.2. The molecule has 33 heavy (non-hydrogen) atoms. The van der Waals surface area contributed by atoms with Crippen molar-refractivity contribution in [1.82, 2.24) is 9.55 Å². The predicted octanol–water partition coefficient (Wildman–Crippen LogP) is 5.63. The van der Waals surface area contributed by atoms with E-state index in [1.54, 1.807) is 0 Å². The van der Waals surface area contributed by atoms with Gasteiger partial charge < -0.3 is 5.32 Å². The van der Waals surface area contributed by atoms with E-state index in [9.17, 15) is 41.3 Å². The fourth-order valence-corrected chi connectivity index (χ4v) is 2.88. The van der Waals surface area contributed by atoms with Gasteiger partial charge in [-0.3, -0.25) is 19.5 Å². The SMILES string of the molecule is O=c1cc(C(F)(F)F)nc(Nc2ccc(C(F)(F)F)cc2[N+](=O)[O-])n1Cc1ccc(Cl)cc1. The van der Waals surface area contributed by atoms with Crippen molar-refractivity contribution in [2.24, 2.45) is 0 Å². The van der Waals surface area contributed by atoms with Gasteiger partial charge in [-0.05, 0) is 29.8 Å². The predicted molar refractivity (Wildman–Crippen MR) is 105 cm³/mol. The zero-order chi connectivity index (χ0) is 24.6. The molecule has 3 rings (SSSR count). The second-order valence-electron chi connectivity index (χ2n) is 6.63. The summed E-state index contributed by atoms with van der Waals surface area (Å²) >= 11 is 5.79. The van der Waals surface area contributed by atoms with Gasteiger partial charge in [0.05, 0.1) is 17.0 Å². The van der Waals surface area contributed by atoms with Crippen molar-refractivity contribution in [1.29, 1.82) is 0 Å². The third kappa shape index (κ3) is 5.61. The number of rotatable bonds is 5. The zero-order valence-electron chi connectivity index (χ0n) is 16.0. The van der Waals surface area contributed by atoms with Gasteiger partial charge in [0.2, 0.25) is 5.95 Å². The summed E-state index contributed by atoms with van der Waals surface area (Å²) in [7, 11) is 0. The molecule has 7 nitrogen and oxygen atoms in total. The van der Waals surface area contributed by atoms with Crippen LogP contribution in [-0.2, 0) is 18.9 Å². The molecule has 174 valence electrons. The van der Waals surface area contributed by atoms with E-state index in [2.05, 4.69) is 10.3 Å². The van der Waals surface area contributed by atoms with Gasteiger partial charge >= 0.3 is 12.4 Å². The monoisotopic (exact) mass is 492 g/mol. The summed E-state index contributed by atoms with van der Waals surface area (Å²) in [4.78, 5) is 26.0. The summed E-state index contributed by atoms with van der Waals surface area (Å²) < 4.78 is 79.1. The molecule has 2 aromatic carbocycles. The minimum Gasteiger partial charge on any atom is -0.320 e. The van der Waals surface area contributed by atoms with Crippen molar-refractivity contribution in [2.75, 3.05) is 5.32 Å². The molecule has 0 aliphatic carbocycles. The fraction of sp³-hybridized carbons (Fsp3) is 0.158. The highest BCUT2D eigenvalue weighted by atomic mass is 35.5. The van der Waals surface area contributed by atoms with Gasteiger partial charge in [-0.15, -0.1) is 0 Å². The number of nitro groups is 1. The van der Waals surface area contributed by atoms with E-state index in [0.717, 1.165) is 4.57 Å². The van der Waals surface area contributed by atoms with E-state index in [1.165, 1.54) is 24.3 Å². The number of nitrogens with zero attached hydrogens (tertiary/aromatic N) is 3. The first kappa shape index (κ1) is 24.0. The Kier molecular flexibility index (Phi) is 6.36. The highest BCUT2D eigenvalue weighted by molar-refractivity contribution is 6.30. The summed E-state index contributed by atoms with van der Waals surface area (Å²) in [5.74, 6) is -0.757. The minimum atomic E-state index is -5.03. The fourth-order valence-electron chi connectivity index (χ4n) is 2.76. The Bertz CT molecular complexity index is 1260. The number of benzene rings is 2. The first-order valence-corrected chi connectivity index (χ1v) is 9.19. The lowest BCUT2D eigenvalue weighted by molar-refractivity contribution is -0.384. The summed E-state index contributed by atoms with van der Waals surface area (Å²) in [5.41, 5.74) is -5.32. The number of hydrogen-bond acceptors (Lipinski definition) is 5. The third-order valence-electron chi connectivity index (χ3n) is 4.32. The normalized spacial score (nSPS) is 12.0. The van der Waals surface area contributed by atoms with Crippen LogP contribution in [0.25, 0.3) is 0 Å². The molecule has 0 aliphatic heterocycles. The first-order valence-electron chi connectivity index (χ1n) is 8.82. The molecule has 0 radical (unpaired) electrons. The average molecular weight is 493 g/mol. The molecule has 0 bridgehead atoms. The summed E-state index contributed by atoms with van der Waals surface area (Å²) in [6.07, 6.45) is -9.92. The Morgan fingerprint density at radius 3 is 2.18 bits per heavy atom. The van der Waals surface area contributed by atoms with Crippen LogP contribution >= 0.6 is 11.6 Å². The van der Waals surface area contributed by atoms with Crippen LogP contribution < -0.4 is 10.9 Å². The first-order chi connectivity index (χ1) is 15.3. The molecule has 1 N–H and O–H groups in total. The molecule has 0 spiro atoms. The summed E-state index contributed by atoms with van der Waals surface area (Å²) in [5, 5.41) is 13.9. The van der Waals surface area contributed by atoms with E-state index in [0.29, 0.717) is 22.7 Å². The van der Waals surface area contributed by atoms with Crippen LogP contribution in [0.1, 0.15) is 16.8 Å². The maximum atomic E-state index is 13.2. The molecule has 0 atom stereocenters. The second kappa shape index (κ2) is 8.73. The van der Waals surface area contributed by atoms with Crippen LogP contribution in [-0.4, -0.2) is 14.5 Å². The average Bonchev–Trinajstić information content (AvgIpc) is 2.70. The Morgan fingerprint density at radius 1 is 1.00 bits per heavy atom. The summed E-state index contributed by atoms with van der Waals surface area (Å²) in [6.45, 7) is -0.308. The van der Waals surface area contributed by atoms with Crippen molar-refractivity contribution in [3.63, 3.8) is 0 Å². The van der Waals surface area contributed by atoms with Crippen LogP contribution in [0.2, 0.25) is 5.02 Å². The van der Waals surface area contributed by atoms with E-state index < -0.39 is 51.4 Å². The lowest BCUT2D eigenvalue weighted by Gasteiger charge is -2.16. The van der Waals surface area contributed by atoms with Gasteiger partial charge in [-0.2, -0.15) is 26.3 Å². The Labute approximate surface area is 185 Å². The van der Waals surface area contributed by atoms with Crippen molar-refractivity contribution in [3.05, 3.63) is 90.8 Å². The van der Waals surface area contributed by atoms with Crippen molar-refractivity contribution in [2.45, 2.75) is 18.9 Å². The van der Waals surface area contributed by atoms with Crippen LogP contribution in [0.3, 0.4) is 0 Å². The maximum Gasteiger partial charge on any atom is 0.433 e. The third-order valence-corrected chi connectivity index (χ3v) is 4.57. The topological polar surface area (TPSA) is 90.1 Å². The van der Waals surface area contributed by atoms with E-state index in [4.69, 9.17) is 11.6 Å². The van der Waals surface area contributed by atoms with Crippen LogP contribution in [0.15, 0.2) is 53.3 Å². The van der Waals surface area contributed by atoms with Crippen molar-refractivity contribution < 1.29 is 31.3 Å². The number of nitro benzene ring substituents is 1. The summed E-state index contributed by atoms with van der Waals surface area (Å²) in [6, 6.07) is 7.53. The smallest absolute Gasteiger partial charge is 0.320 e. The number of alkyl halides is 6. The number of nitrogens with one attached hydrogen (secondary N) is 1. The number of aromatic nitrogens is 2. The van der Waals surface area contributed by atoms with E-state index >= 15 is 0 Å². The van der Waals surface area contributed by atoms with E-state index in [-0.39, 0.29) is 18.7 Å². The van der Waals surface area contributed by atoms with Crippen LogP contribution in [0, 0.1) is 10.1 Å². The van der Waals surface area contributed by atoms with Crippen LogP contribution in [0.4, 0.5) is 43.7 Å². The second-order valence-corrected chi connectivity index (χ2v) is 7.06. The van der Waals surface area contributed by atoms with Gasteiger partial charge in [0.15, 0.2) is 5.69 Å². The molecule has 1 aromatic heterocycles. The van der Waals surface area contributed by atoms with Gasteiger partial charge in [0.1, 0.15) is 5.69 Å². The molecule has 0 amide bonds. The molecule has 0 saturated carbocycles. The van der Waals surface area contributed by atoms with Gasteiger partial charge in [0, 0.05) is 17.2 Å². The molecule has 0 unspecified atom stereocenters. The lowest BCUT2D eigenvalue weighted by Crippen LogP contribution is -2.27. The Balaban J connectivity index is 2.14. The molecule has 14 heteroatoms. The molecule has 3 aromatic rings. The number of anilines is 2. The lowest BCUT2D eigenvalue weighted by atomic mass is 10.1. The molecular formula is C19H11ClF6N4O3. The molecule has 0 saturated heterocycles. The Morgan fingerprint density at radius 2 is 1.64 bits per heavy atom. The van der Waals surface area contributed by atoms with Crippen molar-refractivity contribution >= 4 is 28.9 Å². The number of halogens is 7. The standard InChI is InChI=1S/C19H11ClF6N4O3/c20-12-4-1-10(2-5-12)9-29-16(31)8-15(19(24,25)26)28-17(29)27-13-6-3-11(18(21,22)23)7-14(13)30(32)33/h1-8H,9H2,(H,27,28). The highest BCUT2D eigenvalue weighted by Gasteiger charge is 2.35. The molecule has 1 heterocycles. The molecule has 0 aliphatic rings. The molecule has 0 fully saturated rings. The van der Waals surface area contributed by atoms with Gasteiger partial charge in [-0.1, -0.05) is 23.7 Å². The van der Waals surface area contributed by atoms with Gasteiger partial charge in [-0.25, -0.2) is 4.98 Å². The highest BCUT2D eigenvalue weighted by Crippen LogP contribution is 2.36. The van der Waals surface area contributed by atoms with Gasteiger partial charge in [0.25, 0.3) is 11.2 Å². The van der Waals surface area contributed by atoms with Crippen LogP contribution in [0.5, 0.6) is 0 Å². The molecular weight excluding hydrogens is 482 g/mol.